The standard InChI is InChI=1S/C15H20ClNO3/c1-10(2)14(11-4-6-12(16)7-5-11)15(20)17(3)9-8-13(18)19/h4-7,10,14H,8-9H2,1-3H3,(H,18,19). The van der Waals surface area contributed by atoms with E-state index in [2.05, 4.69) is 0 Å². The van der Waals surface area contributed by atoms with Crippen molar-refractivity contribution in [3.8, 4) is 0 Å². The third kappa shape index (κ3) is 4.53. The van der Waals surface area contributed by atoms with Gasteiger partial charge in [0.25, 0.3) is 0 Å². The van der Waals surface area contributed by atoms with E-state index < -0.39 is 5.97 Å². The van der Waals surface area contributed by atoms with Gasteiger partial charge >= 0.3 is 5.97 Å². The Balaban J connectivity index is 2.87. The molecule has 1 atom stereocenters. The summed E-state index contributed by atoms with van der Waals surface area (Å²) in [6, 6.07) is 7.21. The van der Waals surface area contributed by atoms with Crippen molar-refractivity contribution in [3.63, 3.8) is 0 Å². The second-order valence-electron chi connectivity index (χ2n) is 5.18. The Morgan fingerprint density at radius 3 is 2.25 bits per heavy atom. The Kier molecular flexibility index (Phi) is 6.02. The van der Waals surface area contributed by atoms with Gasteiger partial charge in [-0.25, -0.2) is 0 Å². The lowest BCUT2D eigenvalue weighted by Crippen LogP contribution is -2.35. The van der Waals surface area contributed by atoms with Crippen LogP contribution in [-0.4, -0.2) is 35.5 Å². The van der Waals surface area contributed by atoms with Crippen LogP contribution in [0.15, 0.2) is 24.3 Å². The van der Waals surface area contributed by atoms with Crippen LogP contribution in [0.25, 0.3) is 0 Å². The van der Waals surface area contributed by atoms with E-state index in [1.807, 2.05) is 26.0 Å². The van der Waals surface area contributed by atoms with Crippen LogP contribution in [0.1, 0.15) is 31.7 Å². The van der Waals surface area contributed by atoms with Crippen molar-refractivity contribution in [2.24, 2.45) is 5.92 Å². The quantitative estimate of drug-likeness (QED) is 0.878. The first-order chi connectivity index (χ1) is 9.32. The lowest BCUT2D eigenvalue weighted by molar-refractivity contribution is -0.138. The molecule has 0 aliphatic heterocycles. The average molecular weight is 298 g/mol. The molecular weight excluding hydrogens is 278 g/mol. The highest BCUT2D eigenvalue weighted by Gasteiger charge is 2.27. The maximum Gasteiger partial charge on any atom is 0.305 e. The predicted octanol–water partition coefficient (Wildman–Crippen LogP) is 3.01. The molecule has 4 nitrogen and oxygen atoms in total. The van der Waals surface area contributed by atoms with Gasteiger partial charge in [-0.15, -0.1) is 0 Å². The molecule has 5 heteroatoms. The van der Waals surface area contributed by atoms with Gasteiger partial charge in [0.15, 0.2) is 0 Å². The molecule has 1 amide bonds. The van der Waals surface area contributed by atoms with Crippen molar-refractivity contribution >= 4 is 23.5 Å². The summed E-state index contributed by atoms with van der Waals surface area (Å²) in [6.07, 6.45) is -0.0479. The third-order valence-electron chi connectivity index (χ3n) is 3.20. The average Bonchev–Trinajstić information content (AvgIpc) is 2.37. The number of likely N-dealkylation sites (N-methyl/N-ethyl adjacent to an activating group) is 1. The number of amides is 1. The zero-order valence-corrected chi connectivity index (χ0v) is 12.7. The molecule has 0 spiro atoms. The first kappa shape index (κ1) is 16.5. The summed E-state index contributed by atoms with van der Waals surface area (Å²) in [7, 11) is 1.64. The van der Waals surface area contributed by atoms with E-state index in [1.165, 1.54) is 4.90 Å². The highest BCUT2D eigenvalue weighted by Crippen LogP contribution is 2.27. The van der Waals surface area contributed by atoms with E-state index in [0.29, 0.717) is 5.02 Å². The lowest BCUT2D eigenvalue weighted by atomic mass is 9.87. The molecule has 1 aromatic carbocycles. The Hall–Kier alpha value is -1.55. The van der Waals surface area contributed by atoms with Gasteiger partial charge in [-0.2, -0.15) is 0 Å². The number of carbonyl (C=O) groups is 2. The molecule has 20 heavy (non-hydrogen) atoms. The fourth-order valence-electron chi connectivity index (χ4n) is 2.09. The van der Waals surface area contributed by atoms with Gasteiger partial charge < -0.3 is 10.0 Å². The normalized spacial score (nSPS) is 12.2. The van der Waals surface area contributed by atoms with Gasteiger partial charge in [-0.3, -0.25) is 9.59 Å². The van der Waals surface area contributed by atoms with E-state index in [-0.39, 0.29) is 30.7 Å². The van der Waals surface area contributed by atoms with Crippen LogP contribution in [0.2, 0.25) is 5.02 Å². The molecule has 0 fully saturated rings. The number of carbonyl (C=O) groups excluding carboxylic acids is 1. The van der Waals surface area contributed by atoms with Crippen LogP contribution in [-0.2, 0) is 9.59 Å². The minimum absolute atomic E-state index is 0.0479. The lowest BCUT2D eigenvalue weighted by Gasteiger charge is -2.26. The maximum atomic E-state index is 12.5. The molecule has 0 aliphatic carbocycles. The van der Waals surface area contributed by atoms with Crippen LogP contribution in [0.4, 0.5) is 0 Å². The van der Waals surface area contributed by atoms with E-state index in [4.69, 9.17) is 16.7 Å². The van der Waals surface area contributed by atoms with Crippen molar-refractivity contribution in [2.75, 3.05) is 13.6 Å². The SMILES string of the molecule is CC(C)C(C(=O)N(C)CCC(=O)O)c1ccc(Cl)cc1. The highest BCUT2D eigenvalue weighted by atomic mass is 35.5. The number of nitrogens with zero attached hydrogens (tertiary/aromatic N) is 1. The molecule has 0 aliphatic rings. The number of aliphatic carboxylic acids is 1. The summed E-state index contributed by atoms with van der Waals surface area (Å²) in [5, 5.41) is 9.31. The zero-order chi connectivity index (χ0) is 15.3. The Morgan fingerprint density at radius 2 is 1.80 bits per heavy atom. The molecular formula is C15H20ClNO3. The summed E-state index contributed by atoms with van der Waals surface area (Å²) in [5.74, 6) is -1.14. The second-order valence-corrected chi connectivity index (χ2v) is 5.61. The summed E-state index contributed by atoms with van der Waals surface area (Å²) >= 11 is 5.86. The summed E-state index contributed by atoms with van der Waals surface area (Å²) < 4.78 is 0. The zero-order valence-electron chi connectivity index (χ0n) is 12.0. The number of benzene rings is 1. The molecule has 1 aromatic rings. The van der Waals surface area contributed by atoms with Crippen molar-refractivity contribution in [2.45, 2.75) is 26.2 Å². The first-order valence-corrected chi connectivity index (χ1v) is 6.93. The number of hydrogen-bond donors (Lipinski definition) is 1. The van der Waals surface area contributed by atoms with E-state index in [9.17, 15) is 9.59 Å². The third-order valence-corrected chi connectivity index (χ3v) is 3.45. The Labute approximate surface area is 124 Å². The fraction of sp³-hybridized carbons (Fsp3) is 0.467. The molecule has 1 rings (SSSR count). The number of rotatable bonds is 6. The van der Waals surface area contributed by atoms with Crippen molar-refractivity contribution in [1.29, 1.82) is 0 Å². The fourth-order valence-corrected chi connectivity index (χ4v) is 2.22. The van der Waals surface area contributed by atoms with Crippen molar-refractivity contribution in [1.82, 2.24) is 4.90 Å². The molecule has 0 bridgehead atoms. The van der Waals surface area contributed by atoms with Gasteiger partial charge in [0, 0.05) is 18.6 Å². The van der Waals surface area contributed by atoms with Crippen molar-refractivity contribution in [3.05, 3.63) is 34.9 Å². The van der Waals surface area contributed by atoms with Crippen molar-refractivity contribution < 1.29 is 14.7 Å². The Morgan fingerprint density at radius 1 is 1.25 bits per heavy atom. The van der Waals surface area contributed by atoms with Gasteiger partial charge in [0.1, 0.15) is 0 Å². The molecule has 110 valence electrons. The number of carboxylic acids is 1. The van der Waals surface area contributed by atoms with Crippen LogP contribution < -0.4 is 0 Å². The van der Waals surface area contributed by atoms with E-state index in [0.717, 1.165) is 5.56 Å². The number of hydrogen-bond acceptors (Lipinski definition) is 2. The molecule has 1 unspecified atom stereocenters. The monoisotopic (exact) mass is 297 g/mol. The van der Waals surface area contributed by atoms with Crippen LogP contribution >= 0.6 is 11.6 Å². The molecule has 0 saturated heterocycles. The predicted molar refractivity (Wildman–Crippen MR) is 78.9 cm³/mol. The van der Waals surface area contributed by atoms with Gasteiger partial charge in [-0.1, -0.05) is 37.6 Å². The highest BCUT2D eigenvalue weighted by molar-refractivity contribution is 6.30. The Bertz CT molecular complexity index is 471. The topological polar surface area (TPSA) is 57.6 Å². The van der Waals surface area contributed by atoms with Crippen LogP contribution in [0.5, 0.6) is 0 Å². The summed E-state index contributed by atoms with van der Waals surface area (Å²) in [4.78, 5) is 24.5. The largest absolute Gasteiger partial charge is 0.481 e. The van der Waals surface area contributed by atoms with E-state index >= 15 is 0 Å². The summed E-state index contributed by atoms with van der Waals surface area (Å²) in [6.45, 7) is 4.16. The van der Waals surface area contributed by atoms with E-state index in [1.54, 1.807) is 19.2 Å². The molecule has 0 radical (unpaired) electrons. The first-order valence-electron chi connectivity index (χ1n) is 6.55. The smallest absolute Gasteiger partial charge is 0.305 e. The molecule has 1 N–H and O–H groups in total. The van der Waals surface area contributed by atoms with Gasteiger partial charge in [-0.05, 0) is 23.6 Å². The number of carboxylic acid groups (broad SMARTS) is 1. The molecule has 0 aromatic heterocycles. The number of halogens is 1. The van der Waals surface area contributed by atoms with Crippen LogP contribution in [0, 0.1) is 5.92 Å². The summed E-state index contributed by atoms with van der Waals surface area (Å²) in [5.41, 5.74) is 0.900. The second kappa shape index (κ2) is 7.29. The minimum Gasteiger partial charge on any atom is -0.481 e. The van der Waals surface area contributed by atoms with Gasteiger partial charge in [0.05, 0.1) is 12.3 Å². The maximum absolute atomic E-state index is 12.5. The van der Waals surface area contributed by atoms with Crippen LogP contribution in [0.3, 0.4) is 0 Å². The molecule has 0 heterocycles. The molecule has 0 saturated carbocycles. The minimum atomic E-state index is -0.905. The van der Waals surface area contributed by atoms with Gasteiger partial charge in [0.2, 0.25) is 5.91 Å².